The molecular weight excluding hydrogens is 603 g/mol. The number of thiophene rings is 1. The van der Waals surface area contributed by atoms with Crippen LogP contribution in [0.1, 0.15) is 12.8 Å². The monoisotopic (exact) mass is 637 g/mol. The van der Waals surface area contributed by atoms with Crippen LogP contribution in [0.5, 0.6) is 0 Å². The Morgan fingerprint density at radius 2 is 1.60 bits per heavy atom. The largest absolute Gasteiger partial charge is 0.339 e. The van der Waals surface area contributed by atoms with Crippen LogP contribution in [0, 0.1) is 0 Å². The fraction of sp³-hybridized carbons (Fsp3) is 0.200. The van der Waals surface area contributed by atoms with Gasteiger partial charge in [0.15, 0.2) is 0 Å². The van der Waals surface area contributed by atoms with Crippen LogP contribution in [0.15, 0.2) is 101 Å². The molecule has 8 nitrogen and oxygen atoms in total. The molecule has 0 aliphatic heterocycles. The van der Waals surface area contributed by atoms with Gasteiger partial charge in [-0.25, -0.2) is 13.4 Å². The number of aromatic amines is 1. The summed E-state index contributed by atoms with van der Waals surface area (Å²) in [6.45, 7) is 0.867. The second-order valence-electron chi connectivity index (χ2n) is 11.3. The molecule has 10 heteroatoms. The van der Waals surface area contributed by atoms with Crippen LogP contribution in [0.2, 0.25) is 0 Å². The first kappa shape index (κ1) is 30.5. The molecule has 0 radical (unpaired) electrons. The summed E-state index contributed by atoms with van der Waals surface area (Å²) in [6.07, 6.45) is 3.17. The van der Waals surface area contributed by atoms with Crippen molar-refractivity contribution in [3.8, 4) is 22.3 Å². The third-order valence-electron chi connectivity index (χ3n) is 8.08. The lowest BCUT2D eigenvalue weighted by atomic mass is 9.92. The van der Waals surface area contributed by atoms with Gasteiger partial charge in [0.25, 0.3) is 10.0 Å². The average Bonchev–Trinajstić information content (AvgIpc) is 3.73. The third-order valence-corrected chi connectivity index (χ3v) is 11.2. The molecule has 0 unspecified atom stereocenters. The summed E-state index contributed by atoms with van der Waals surface area (Å²) in [4.78, 5) is 24.9. The van der Waals surface area contributed by atoms with Gasteiger partial charge in [-0.1, -0.05) is 48.5 Å². The van der Waals surface area contributed by atoms with Gasteiger partial charge in [0.2, 0.25) is 5.91 Å². The molecule has 6 rings (SSSR count). The smallest absolute Gasteiger partial charge is 0.273 e. The summed E-state index contributed by atoms with van der Waals surface area (Å²) in [6, 6.07) is 27.1. The summed E-state index contributed by atoms with van der Waals surface area (Å²) in [7, 11) is 3.71. The van der Waals surface area contributed by atoms with Crippen molar-refractivity contribution in [3.05, 3.63) is 96.5 Å². The molecule has 0 bridgehead atoms. The van der Waals surface area contributed by atoms with Gasteiger partial charge in [-0.3, -0.25) is 9.10 Å². The lowest BCUT2D eigenvalue weighted by molar-refractivity contribution is -0.118. The van der Waals surface area contributed by atoms with Gasteiger partial charge in [-0.05, 0) is 80.0 Å². The van der Waals surface area contributed by atoms with E-state index in [-0.39, 0.29) is 5.91 Å². The molecule has 0 aliphatic rings. The number of nitrogens with zero attached hydrogens (tertiary/aromatic N) is 4. The SMILES string of the molecule is CN(C)CCCC(=O)N(C)c1ccc(-c2cnc3[nH]c4ccc(N(C)S(=O)(=O)c5cccs5)cc4c3c2-c2ccccc2)cc1. The highest BCUT2D eigenvalue weighted by Crippen LogP contribution is 2.42. The predicted octanol–water partition coefficient (Wildman–Crippen LogP) is 7.24. The Labute approximate surface area is 267 Å². The van der Waals surface area contributed by atoms with Crippen LogP contribution in [0.25, 0.3) is 44.2 Å². The van der Waals surface area contributed by atoms with Crippen molar-refractivity contribution in [2.24, 2.45) is 0 Å². The van der Waals surface area contributed by atoms with Crippen molar-refractivity contribution in [1.82, 2.24) is 14.9 Å². The van der Waals surface area contributed by atoms with E-state index in [2.05, 4.69) is 22.0 Å². The van der Waals surface area contributed by atoms with Gasteiger partial charge in [-0.2, -0.15) is 0 Å². The number of hydrogen-bond acceptors (Lipinski definition) is 6. The number of H-pyrrole nitrogens is 1. The van der Waals surface area contributed by atoms with E-state index in [0.717, 1.165) is 57.2 Å². The van der Waals surface area contributed by atoms with E-state index in [4.69, 9.17) is 4.98 Å². The number of aromatic nitrogens is 2. The summed E-state index contributed by atoms with van der Waals surface area (Å²) >= 11 is 1.20. The molecule has 45 heavy (non-hydrogen) atoms. The minimum Gasteiger partial charge on any atom is -0.339 e. The molecule has 1 amide bonds. The van der Waals surface area contributed by atoms with E-state index in [1.807, 2.05) is 88.0 Å². The molecule has 0 saturated heterocycles. The number of carbonyl (C=O) groups excluding carboxylic acids is 1. The molecule has 3 heterocycles. The van der Waals surface area contributed by atoms with Crippen LogP contribution in [-0.4, -0.2) is 63.9 Å². The number of anilines is 2. The molecular formula is C35H35N5O3S2. The molecule has 3 aromatic heterocycles. The highest BCUT2D eigenvalue weighted by atomic mass is 32.2. The quantitative estimate of drug-likeness (QED) is 0.171. The van der Waals surface area contributed by atoms with Gasteiger partial charge in [-0.15, -0.1) is 11.3 Å². The standard InChI is InChI=1S/C35H35N5O3S2/c1-38(2)20-8-12-31(41)39(3)26-16-14-24(15-17-26)29-23-36-35-34(33(29)25-10-6-5-7-11-25)28-22-27(18-19-30(28)37-35)40(4)45(42,43)32-13-9-21-44-32/h5-7,9-11,13-19,21-23H,8,12,20H2,1-4H3,(H,36,37). The summed E-state index contributed by atoms with van der Waals surface area (Å²) in [5.74, 6) is 0.0818. The summed E-state index contributed by atoms with van der Waals surface area (Å²) in [5, 5.41) is 3.55. The molecule has 0 saturated carbocycles. The maximum atomic E-state index is 13.3. The topological polar surface area (TPSA) is 89.6 Å². The number of pyridine rings is 1. The average molecular weight is 638 g/mol. The maximum Gasteiger partial charge on any atom is 0.273 e. The number of fused-ring (bicyclic) bond motifs is 3. The van der Waals surface area contributed by atoms with E-state index in [0.29, 0.717) is 22.0 Å². The second-order valence-corrected chi connectivity index (χ2v) is 14.4. The minimum atomic E-state index is -3.70. The summed E-state index contributed by atoms with van der Waals surface area (Å²) in [5.41, 5.74) is 6.88. The van der Waals surface area contributed by atoms with Gasteiger partial charge < -0.3 is 14.8 Å². The van der Waals surface area contributed by atoms with Gasteiger partial charge in [0, 0.05) is 59.8 Å². The van der Waals surface area contributed by atoms with Gasteiger partial charge in [0.1, 0.15) is 9.86 Å². The van der Waals surface area contributed by atoms with E-state index < -0.39 is 10.0 Å². The number of amides is 1. The molecule has 0 fully saturated rings. The van der Waals surface area contributed by atoms with E-state index in [1.165, 1.54) is 15.6 Å². The first-order valence-electron chi connectivity index (χ1n) is 14.7. The van der Waals surface area contributed by atoms with Crippen molar-refractivity contribution in [2.45, 2.75) is 17.1 Å². The lowest BCUT2D eigenvalue weighted by Gasteiger charge is -2.19. The number of nitrogens with one attached hydrogen (secondary N) is 1. The minimum absolute atomic E-state index is 0.0818. The van der Waals surface area contributed by atoms with E-state index >= 15 is 0 Å². The molecule has 0 atom stereocenters. The first-order valence-corrected chi connectivity index (χ1v) is 17.0. The van der Waals surface area contributed by atoms with Crippen LogP contribution in [0.3, 0.4) is 0 Å². The lowest BCUT2D eigenvalue weighted by Crippen LogP contribution is -2.27. The van der Waals surface area contributed by atoms with Gasteiger partial charge >= 0.3 is 0 Å². The highest BCUT2D eigenvalue weighted by molar-refractivity contribution is 7.94. The molecule has 0 spiro atoms. The third kappa shape index (κ3) is 5.96. The van der Waals surface area contributed by atoms with Crippen molar-refractivity contribution in [2.75, 3.05) is 43.9 Å². The van der Waals surface area contributed by atoms with Crippen molar-refractivity contribution in [3.63, 3.8) is 0 Å². The molecule has 0 aliphatic carbocycles. The van der Waals surface area contributed by atoms with Crippen molar-refractivity contribution in [1.29, 1.82) is 0 Å². The zero-order valence-corrected chi connectivity index (χ0v) is 27.3. The number of hydrogen-bond donors (Lipinski definition) is 1. The normalized spacial score (nSPS) is 11.8. The Morgan fingerprint density at radius 3 is 2.29 bits per heavy atom. The zero-order chi connectivity index (χ0) is 31.7. The number of benzene rings is 3. The maximum absolute atomic E-state index is 13.3. The Bertz CT molecular complexity index is 2070. The molecule has 230 valence electrons. The highest BCUT2D eigenvalue weighted by Gasteiger charge is 2.24. The Balaban J connectivity index is 1.44. The molecule has 1 N–H and O–H groups in total. The predicted molar refractivity (Wildman–Crippen MR) is 186 cm³/mol. The second kappa shape index (κ2) is 12.5. The van der Waals surface area contributed by atoms with E-state index in [1.54, 1.807) is 29.5 Å². The van der Waals surface area contributed by atoms with Crippen molar-refractivity contribution < 1.29 is 13.2 Å². The Morgan fingerprint density at radius 1 is 0.867 bits per heavy atom. The fourth-order valence-electron chi connectivity index (χ4n) is 5.57. The Hall–Kier alpha value is -4.51. The molecule has 3 aromatic carbocycles. The van der Waals surface area contributed by atoms with Crippen LogP contribution in [0.4, 0.5) is 11.4 Å². The first-order chi connectivity index (χ1) is 21.6. The van der Waals surface area contributed by atoms with Crippen LogP contribution >= 0.6 is 11.3 Å². The van der Waals surface area contributed by atoms with Gasteiger partial charge in [0.05, 0.1) is 5.69 Å². The summed E-state index contributed by atoms with van der Waals surface area (Å²) < 4.78 is 28.3. The molecule has 6 aromatic rings. The van der Waals surface area contributed by atoms with E-state index in [9.17, 15) is 13.2 Å². The zero-order valence-electron chi connectivity index (χ0n) is 25.7. The number of rotatable bonds is 10. The number of carbonyl (C=O) groups is 1. The van der Waals surface area contributed by atoms with Crippen LogP contribution in [-0.2, 0) is 14.8 Å². The number of sulfonamides is 1. The Kier molecular flexibility index (Phi) is 8.46. The van der Waals surface area contributed by atoms with Crippen LogP contribution < -0.4 is 9.21 Å². The van der Waals surface area contributed by atoms with Crippen molar-refractivity contribution >= 4 is 60.6 Å². The fourth-order valence-corrected chi connectivity index (χ4v) is 7.92.